The first-order valence-electron chi connectivity index (χ1n) is 8.92. The molecule has 0 saturated heterocycles. The van der Waals surface area contributed by atoms with Gasteiger partial charge in [-0.2, -0.15) is 0 Å². The van der Waals surface area contributed by atoms with Crippen molar-refractivity contribution in [2.45, 2.75) is 37.8 Å². The first-order chi connectivity index (χ1) is 12.9. The normalized spacial score (nSPS) is 21.4. The number of hydrogen-bond donors (Lipinski definition) is 2. The summed E-state index contributed by atoms with van der Waals surface area (Å²) in [7, 11) is 0. The van der Waals surface area contributed by atoms with Crippen LogP contribution in [-0.4, -0.2) is 26.9 Å². The molecule has 1 aliphatic carbocycles. The monoisotopic (exact) mass is 401 g/mol. The summed E-state index contributed by atoms with van der Waals surface area (Å²) in [5.74, 6) is 0.0344. The minimum atomic E-state index is -1.61. The molecule has 5 nitrogen and oxygen atoms in total. The lowest BCUT2D eigenvalue weighted by Gasteiger charge is -2.36. The number of nitrogens with one attached hydrogen (secondary N) is 1. The summed E-state index contributed by atoms with van der Waals surface area (Å²) in [6, 6.07) is 11.7. The van der Waals surface area contributed by atoms with Crippen LogP contribution in [0.25, 0.3) is 10.2 Å². The molecule has 0 aliphatic heterocycles. The highest BCUT2D eigenvalue weighted by Crippen LogP contribution is 2.37. The molecule has 1 fully saturated rings. The Morgan fingerprint density at radius 2 is 2.11 bits per heavy atom. The predicted molar refractivity (Wildman–Crippen MR) is 108 cm³/mol. The average Bonchev–Trinajstić information content (AvgIpc) is 3.02. The van der Waals surface area contributed by atoms with Gasteiger partial charge in [-0.15, -0.1) is 0 Å². The quantitative estimate of drug-likeness (QED) is 0.598. The molecule has 0 radical (unpaired) electrons. The zero-order valence-corrected chi connectivity index (χ0v) is 16.4. The zero-order chi connectivity index (χ0) is 19.0. The number of pyridine rings is 1. The maximum absolute atomic E-state index is 12.6. The van der Waals surface area contributed by atoms with Crippen LogP contribution in [0.15, 0.2) is 42.6 Å². The van der Waals surface area contributed by atoms with Crippen molar-refractivity contribution in [2.75, 3.05) is 5.32 Å². The maximum Gasteiger partial charge on any atom is 0.184 e. The molecule has 1 aromatic carbocycles. The van der Waals surface area contributed by atoms with Crippen molar-refractivity contribution in [2.24, 2.45) is 5.92 Å². The summed E-state index contributed by atoms with van der Waals surface area (Å²) in [5, 5.41) is 15.2. The number of nitrogens with zero attached hydrogens (tertiary/aromatic N) is 2. The fraction of sp³-hybridized carbons (Fsp3) is 0.350. The maximum atomic E-state index is 12.6. The third-order valence-corrected chi connectivity index (χ3v) is 6.43. The standard InChI is InChI=1S/C20H20ClN3O2S/c1-20(26,14-5-4-8-22-18(14)21)17(25)11-12-9-13(10-12)23-19-24-15-6-2-3-7-16(15)27-19/h2-8,12-13,26H,9-11H2,1H3,(H,23,24). The van der Waals surface area contributed by atoms with Gasteiger partial charge in [0.25, 0.3) is 0 Å². The van der Waals surface area contributed by atoms with E-state index in [1.54, 1.807) is 23.5 Å². The van der Waals surface area contributed by atoms with Crippen LogP contribution in [0.5, 0.6) is 0 Å². The molecule has 2 heterocycles. The van der Waals surface area contributed by atoms with Crippen LogP contribution in [0.4, 0.5) is 5.13 Å². The van der Waals surface area contributed by atoms with E-state index in [1.807, 2.05) is 18.2 Å². The van der Waals surface area contributed by atoms with Crippen molar-refractivity contribution < 1.29 is 9.90 Å². The van der Waals surface area contributed by atoms with Gasteiger partial charge in [-0.3, -0.25) is 4.79 Å². The highest BCUT2D eigenvalue weighted by Gasteiger charge is 2.39. The van der Waals surface area contributed by atoms with Crippen molar-refractivity contribution in [3.63, 3.8) is 0 Å². The second kappa shape index (κ2) is 7.19. The van der Waals surface area contributed by atoms with E-state index >= 15 is 0 Å². The Balaban J connectivity index is 1.33. The topological polar surface area (TPSA) is 75.1 Å². The van der Waals surface area contributed by atoms with Crippen LogP contribution in [0.2, 0.25) is 5.15 Å². The Kier molecular flexibility index (Phi) is 4.88. The highest BCUT2D eigenvalue weighted by atomic mass is 35.5. The Morgan fingerprint density at radius 3 is 2.85 bits per heavy atom. The fourth-order valence-electron chi connectivity index (χ4n) is 3.49. The van der Waals surface area contributed by atoms with Crippen LogP contribution in [0.1, 0.15) is 31.7 Å². The molecule has 1 aliphatic rings. The number of ketones is 1. The van der Waals surface area contributed by atoms with Crippen molar-refractivity contribution in [1.82, 2.24) is 9.97 Å². The zero-order valence-electron chi connectivity index (χ0n) is 14.9. The number of benzene rings is 1. The van der Waals surface area contributed by atoms with Crippen LogP contribution < -0.4 is 5.32 Å². The van der Waals surface area contributed by atoms with Crippen molar-refractivity contribution in [3.8, 4) is 0 Å². The molecule has 1 atom stereocenters. The van der Waals surface area contributed by atoms with Gasteiger partial charge in [0, 0.05) is 24.2 Å². The molecule has 0 spiro atoms. The van der Waals surface area contributed by atoms with Gasteiger partial charge in [0.05, 0.1) is 10.2 Å². The molecule has 0 amide bonds. The molecule has 0 bridgehead atoms. The Bertz CT molecular complexity index is 949. The molecule has 27 heavy (non-hydrogen) atoms. The number of hydrogen-bond acceptors (Lipinski definition) is 6. The van der Waals surface area contributed by atoms with E-state index in [2.05, 4.69) is 21.4 Å². The van der Waals surface area contributed by atoms with Crippen LogP contribution >= 0.6 is 22.9 Å². The van der Waals surface area contributed by atoms with E-state index in [0.717, 1.165) is 28.2 Å². The SMILES string of the molecule is CC(O)(C(=O)CC1CC(Nc2nc3ccccc3s2)C1)c1cccnc1Cl. The second-order valence-corrected chi connectivity index (χ2v) is 8.60. The molecule has 1 saturated carbocycles. The highest BCUT2D eigenvalue weighted by molar-refractivity contribution is 7.22. The number of rotatable bonds is 6. The molecule has 3 aromatic rings. The number of halogens is 1. The van der Waals surface area contributed by atoms with Gasteiger partial charge in [0.2, 0.25) is 0 Å². The number of para-hydroxylation sites is 1. The number of carbonyl (C=O) groups excluding carboxylic acids is 1. The summed E-state index contributed by atoms with van der Waals surface area (Å²) in [4.78, 5) is 21.2. The minimum Gasteiger partial charge on any atom is -0.377 e. The summed E-state index contributed by atoms with van der Waals surface area (Å²) >= 11 is 7.69. The van der Waals surface area contributed by atoms with E-state index in [9.17, 15) is 9.90 Å². The van der Waals surface area contributed by atoms with Crippen LogP contribution in [0.3, 0.4) is 0 Å². The summed E-state index contributed by atoms with van der Waals surface area (Å²) in [6.45, 7) is 1.49. The first-order valence-corrected chi connectivity index (χ1v) is 10.1. The summed E-state index contributed by atoms with van der Waals surface area (Å²) in [6.07, 6.45) is 3.64. The van der Waals surface area contributed by atoms with Gasteiger partial charge in [-0.05, 0) is 43.9 Å². The van der Waals surface area contributed by atoms with Crippen molar-refractivity contribution in [3.05, 3.63) is 53.3 Å². The molecule has 4 rings (SSSR count). The third kappa shape index (κ3) is 3.70. The van der Waals surface area contributed by atoms with Gasteiger partial charge in [-0.1, -0.05) is 41.1 Å². The smallest absolute Gasteiger partial charge is 0.184 e. The number of anilines is 1. The fourth-order valence-corrected chi connectivity index (χ4v) is 4.74. The number of fused-ring (bicyclic) bond motifs is 1. The molecule has 140 valence electrons. The van der Waals surface area contributed by atoms with Crippen molar-refractivity contribution >= 4 is 44.1 Å². The summed E-state index contributed by atoms with van der Waals surface area (Å²) in [5.41, 5.74) is -0.253. The Morgan fingerprint density at radius 1 is 1.33 bits per heavy atom. The second-order valence-electron chi connectivity index (χ2n) is 7.21. The van der Waals surface area contributed by atoms with Gasteiger partial charge in [0.15, 0.2) is 10.9 Å². The number of aromatic nitrogens is 2. The largest absolute Gasteiger partial charge is 0.377 e. The molecule has 7 heteroatoms. The summed E-state index contributed by atoms with van der Waals surface area (Å²) < 4.78 is 1.16. The lowest BCUT2D eigenvalue weighted by molar-refractivity contribution is -0.138. The number of carbonyl (C=O) groups is 1. The minimum absolute atomic E-state index is 0.167. The van der Waals surface area contributed by atoms with Gasteiger partial charge >= 0.3 is 0 Å². The Hall–Kier alpha value is -2.02. The third-order valence-electron chi connectivity index (χ3n) is 5.16. The van der Waals surface area contributed by atoms with Gasteiger partial charge in [0.1, 0.15) is 10.8 Å². The first kappa shape index (κ1) is 18.3. The Labute approximate surface area is 166 Å². The molecular formula is C20H20ClN3O2S. The van der Waals surface area contributed by atoms with E-state index in [1.165, 1.54) is 13.1 Å². The van der Waals surface area contributed by atoms with E-state index < -0.39 is 5.60 Å². The predicted octanol–water partition coefficient (Wildman–Crippen LogP) is 4.40. The lowest BCUT2D eigenvalue weighted by Crippen LogP contribution is -2.40. The van der Waals surface area contributed by atoms with E-state index in [0.29, 0.717) is 18.0 Å². The average molecular weight is 402 g/mol. The van der Waals surface area contributed by atoms with Crippen LogP contribution in [0, 0.1) is 5.92 Å². The van der Waals surface area contributed by atoms with Crippen molar-refractivity contribution in [1.29, 1.82) is 0 Å². The van der Waals surface area contributed by atoms with Crippen LogP contribution in [-0.2, 0) is 10.4 Å². The lowest BCUT2D eigenvalue weighted by atomic mass is 9.75. The van der Waals surface area contributed by atoms with Gasteiger partial charge in [-0.25, -0.2) is 9.97 Å². The molecule has 2 aromatic heterocycles. The van der Waals surface area contributed by atoms with Gasteiger partial charge < -0.3 is 10.4 Å². The molecular weight excluding hydrogens is 382 g/mol. The number of Topliss-reactive ketones (excluding diaryl/α,β-unsaturated/α-hetero) is 1. The molecule has 2 N–H and O–H groups in total. The number of thiazole rings is 1. The number of aliphatic hydroxyl groups is 1. The molecule has 1 unspecified atom stereocenters. The van der Waals surface area contributed by atoms with E-state index in [-0.39, 0.29) is 16.9 Å². The van der Waals surface area contributed by atoms with E-state index in [4.69, 9.17) is 11.6 Å².